The molecule has 0 aliphatic heterocycles. The fourth-order valence-electron chi connectivity index (χ4n) is 3.15. The van der Waals surface area contributed by atoms with Gasteiger partial charge in [0.1, 0.15) is 5.15 Å². The molecular formula is C20H21ClN6. The first-order valence-corrected chi connectivity index (χ1v) is 9.23. The normalized spacial score (nSPS) is 11.4. The number of hydrogen-bond acceptors (Lipinski definition) is 4. The number of aryl methyl sites for hydroxylation is 3. The monoisotopic (exact) mass is 380 g/mol. The van der Waals surface area contributed by atoms with Gasteiger partial charge in [-0.2, -0.15) is 5.10 Å². The molecule has 0 bridgehead atoms. The zero-order valence-electron chi connectivity index (χ0n) is 15.6. The second kappa shape index (κ2) is 7.13. The maximum absolute atomic E-state index is 6.67. The summed E-state index contributed by atoms with van der Waals surface area (Å²) in [5.41, 5.74) is 6.08. The minimum atomic E-state index is 0.593. The van der Waals surface area contributed by atoms with Gasteiger partial charge in [-0.3, -0.25) is 4.40 Å². The van der Waals surface area contributed by atoms with Crippen LogP contribution < -0.4 is 5.32 Å². The van der Waals surface area contributed by atoms with Gasteiger partial charge >= 0.3 is 0 Å². The number of nitrogens with one attached hydrogen (secondary N) is 1. The highest BCUT2D eigenvalue weighted by atomic mass is 35.5. The number of halogens is 1. The molecule has 0 spiro atoms. The highest BCUT2D eigenvalue weighted by Gasteiger charge is 2.16. The van der Waals surface area contributed by atoms with Gasteiger partial charge < -0.3 is 5.32 Å². The van der Waals surface area contributed by atoms with Gasteiger partial charge in [0.25, 0.3) is 0 Å². The van der Waals surface area contributed by atoms with E-state index in [1.807, 2.05) is 40.4 Å². The molecule has 1 N–H and O–H groups in total. The molecule has 3 heterocycles. The van der Waals surface area contributed by atoms with Crippen LogP contribution in [0.4, 0.5) is 0 Å². The molecule has 4 aromatic rings. The Hall–Kier alpha value is -2.70. The third-order valence-electron chi connectivity index (χ3n) is 4.68. The van der Waals surface area contributed by atoms with Gasteiger partial charge in [-0.15, -0.1) is 10.2 Å². The van der Waals surface area contributed by atoms with Gasteiger partial charge in [-0.25, -0.2) is 4.68 Å². The summed E-state index contributed by atoms with van der Waals surface area (Å²) in [6, 6.07) is 12.1. The molecule has 0 aliphatic rings. The summed E-state index contributed by atoms with van der Waals surface area (Å²) in [6.07, 6.45) is 1.96. The molecule has 0 aliphatic carbocycles. The Morgan fingerprint density at radius 3 is 2.74 bits per heavy atom. The zero-order chi connectivity index (χ0) is 19.0. The minimum Gasteiger partial charge on any atom is -0.306 e. The van der Waals surface area contributed by atoms with E-state index in [0.29, 0.717) is 18.2 Å². The zero-order valence-corrected chi connectivity index (χ0v) is 16.3. The number of aromatic nitrogens is 5. The molecule has 0 unspecified atom stereocenters. The van der Waals surface area contributed by atoms with Gasteiger partial charge in [0.2, 0.25) is 0 Å². The van der Waals surface area contributed by atoms with E-state index in [2.05, 4.69) is 52.7 Å². The Labute approximate surface area is 162 Å². The summed E-state index contributed by atoms with van der Waals surface area (Å²) in [7, 11) is 0. The van der Waals surface area contributed by atoms with Crippen LogP contribution >= 0.6 is 11.6 Å². The maximum Gasteiger partial charge on any atom is 0.160 e. The van der Waals surface area contributed by atoms with Crippen molar-refractivity contribution >= 4 is 17.2 Å². The van der Waals surface area contributed by atoms with Crippen LogP contribution in [0, 0.1) is 20.8 Å². The summed E-state index contributed by atoms with van der Waals surface area (Å²) in [5, 5.41) is 17.1. The summed E-state index contributed by atoms with van der Waals surface area (Å²) in [6.45, 7) is 7.32. The molecule has 3 aromatic heterocycles. The first-order chi connectivity index (χ1) is 13.0. The number of benzene rings is 1. The third-order valence-corrected chi connectivity index (χ3v) is 5.07. The molecule has 0 saturated heterocycles. The van der Waals surface area contributed by atoms with E-state index < -0.39 is 0 Å². The van der Waals surface area contributed by atoms with E-state index >= 15 is 0 Å². The predicted octanol–water partition coefficient (Wildman–Crippen LogP) is 3.78. The Balaban J connectivity index is 1.55. The van der Waals surface area contributed by atoms with Crippen LogP contribution in [0.3, 0.4) is 0 Å². The molecule has 1 aromatic carbocycles. The summed E-state index contributed by atoms with van der Waals surface area (Å²) >= 11 is 6.67. The van der Waals surface area contributed by atoms with Gasteiger partial charge in [-0.1, -0.05) is 29.8 Å². The molecule has 138 valence electrons. The topological polar surface area (TPSA) is 60.0 Å². The second-order valence-electron chi connectivity index (χ2n) is 6.71. The first kappa shape index (κ1) is 17.7. The highest BCUT2D eigenvalue weighted by Crippen LogP contribution is 2.26. The lowest BCUT2D eigenvalue weighted by molar-refractivity contribution is 0.655. The second-order valence-corrected chi connectivity index (χ2v) is 7.06. The average molecular weight is 381 g/mol. The van der Waals surface area contributed by atoms with Crippen molar-refractivity contribution in [3.8, 4) is 5.69 Å². The van der Waals surface area contributed by atoms with E-state index in [-0.39, 0.29) is 0 Å². The fraction of sp³-hybridized carbons (Fsp3) is 0.250. The van der Waals surface area contributed by atoms with E-state index in [1.54, 1.807) is 0 Å². The largest absolute Gasteiger partial charge is 0.306 e. The van der Waals surface area contributed by atoms with E-state index in [1.165, 1.54) is 5.56 Å². The molecule has 0 saturated carbocycles. The van der Waals surface area contributed by atoms with Gasteiger partial charge in [0, 0.05) is 18.3 Å². The van der Waals surface area contributed by atoms with Crippen LogP contribution in [-0.2, 0) is 13.1 Å². The standard InChI is InChI=1S/C20H21ClN6/c1-13-7-8-14(2)17(10-13)27-20(21)16(15(3)25-27)11-22-12-19-24-23-18-6-4-5-9-26(18)19/h4-10,22H,11-12H2,1-3H3. The molecule has 7 heteroatoms. The van der Waals surface area contributed by atoms with Crippen molar-refractivity contribution in [3.63, 3.8) is 0 Å². The average Bonchev–Trinajstić information content (AvgIpc) is 3.19. The van der Waals surface area contributed by atoms with Crippen molar-refractivity contribution in [2.24, 2.45) is 0 Å². The van der Waals surface area contributed by atoms with Crippen LogP contribution in [0.1, 0.15) is 28.2 Å². The van der Waals surface area contributed by atoms with Gasteiger partial charge in [-0.05, 0) is 50.1 Å². The molecule has 0 amide bonds. The van der Waals surface area contributed by atoms with E-state index in [9.17, 15) is 0 Å². The number of fused-ring (bicyclic) bond motifs is 1. The first-order valence-electron chi connectivity index (χ1n) is 8.85. The van der Waals surface area contributed by atoms with Crippen LogP contribution in [0.25, 0.3) is 11.3 Å². The molecule has 0 radical (unpaired) electrons. The molecule has 0 fully saturated rings. The fourth-order valence-corrected chi connectivity index (χ4v) is 3.48. The molecule has 27 heavy (non-hydrogen) atoms. The van der Waals surface area contributed by atoms with Crippen molar-refractivity contribution < 1.29 is 0 Å². The van der Waals surface area contributed by atoms with E-state index in [0.717, 1.165) is 34.0 Å². The van der Waals surface area contributed by atoms with Crippen molar-refractivity contribution in [1.82, 2.24) is 29.7 Å². The summed E-state index contributed by atoms with van der Waals surface area (Å²) in [5.74, 6) is 0.862. The highest BCUT2D eigenvalue weighted by molar-refractivity contribution is 6.30. The molecule has 4 rings (SSSR count). The molecule has 0 atom stereocenters. The Morgan fingerprint density at radius 1 is 1.04 bits per heavy atom. The van der Waals surface area contributed by atoms with Crippen LogP contribution in [-0.4, -0.2) is 24.4 Å². The Morgan fingerprint density at radius 2 is 1.89 bits per heavy atom. The smallest absolute Gasteiger partial charge is 0.160 e. The van der Waals surface area contributed by atoms with Crippen LogP contribution in [0.5, 0.6) is 0 Å². The SMILES string of the molecule is Cc1ccc(C)c(-n2nc(C)c(CNCc3nnc4ccccn34)c2Cl)c1. The van der Waals surface area contributed by atoms with Gasteiger partial charge in [0.15, 0.2) is 11.5 Å². The number of rotatable bonds is 5. The van der Waals surface area contributed by atoms with Crippen LogP contribution in [0.15, 0.2) is 42.6 Å². The quantitative estimate of drug-likeness (QED) is 0.572. The number of pyridine rings is 1. The van der Waals surface area contributed by atoms with Crippen LogP contribution in [0.2, 0.25) is 5.15 Å². The maximum atomic E-state index is 6.67. The lowest BCUT2D eigenvalue weighted by Gasteiger charge is -2.09. The third kappa shape index (κ3) is 3.34. The lowest BCUT2D eigenvalue weighted by atomic mass is 10.1. The lowest BCUT2D eigenvalue weighted by Crippen LogP contribution is -2.15. The summed E-state index contributed by atoms with van der Waals surface area (Å²) < 4.78 is 3.80. The van der Waals surface area contributed by atoms with E-state index in [4.69, 9.17) is 11.6 Å². The molecule has 6 nitrogen and oxygen atoms in total. The minimum absolute atomic E-state index is 0.593. The Bertz CT molecular complexity index is 1110. The van der Waals surface area contributed by atoms with Gasteiger partial charge in [0.05, 0.1) is 17.9 Å². The number of nitrogens with zero attached hydrogens (tertiary/aromatic N) is 5. The Kier molecular flexibility index (Phi) is 4.68. The summed E-state index contributed by atoms with van der Waals surface area (Å²) in [4.78, 5) is 0. The van der Waals surface area contributed by atoms with Crippen molar-refractivity contribution in [2.75, 3.05) is 0 Å². The predicted molar refractivity (Wildman–Crippen MR) is 106 cm³/mol. The van der Waals surface area contributed by atoms with Crippen molar-refractivity contribution in [2.45, 2.75) is 33.9 Å². The van der Waals surface area contributed by atoms with Crippen molar-refractivity contribution in [1.29, 1.82) is 0 Å². The van der Waals surface area contributed by atoms with Crippen molar-refractivity contribution in [3.05, 3.63) is 76.0 Å². The number of hydrogen-bond donors (Lipinski definition) is 1. The molecular weight excluding hydrogens is 360 g/mol.